The predicted octanol–water partition coefficient (Wildman–Crippen LogP) is 4.56. The van der Waals surface area contributed by atoms with Crippen molar-refractivity contribution in [3.8, 4) is 0 Å². The fourth-order valence-corrected chi connectivity index (χ4v) is 7.81. The molecule has 0 saturated carbocycles. The SMILES string of the molecule is O=C1/C(=C/C2=C(O)c3c(ccc4ccccc34)S2(=O)=O)S(=O)(=O)c2ccc3ccccc3c21. The Morgan fingerprint density at radius 1 is 0.636 bits per heavy atom. The zero-order chi connectivity index (χ0) is 23.1. The summed E-state index contributed by atoms with van der Waals surface area (Å²) in [5.41, 5.74) is 0.114. The number of aliphatic hydroxyl groups is 1. The van der Waals surface area contributed by atoms with E-state index in [2.05, 4.69) is 0 Å². The van der Waals surface area contributed by atoms with Crippen LogP contribution in [0.2, 0.25) is 0 Å². The first-order chi connectivity index (χ1) is 15.7. The monoisotopic (exact) mass is 474 g/mol. The summed E-state index contributed by atoms with van der Waals surface area (Å²) in [7, 11) is -8.52. The Balaban J connectivity index is 1.63. The van der Waals surface area contributed by atoms with Crippen molar-refractivity contribution in [1.82, 2.24) is 0 Å². The van der Waals surface area contributed by atoms with E-state index in [0.717, 1.165) is 11.5 Å². The summed E-state index contributed by atoms with van der Waals surface area (Å²) in [4.78, 5) is 11.7. The van der Waals surface area contributed by atoms with Gasteiger partial charge in [0.2, 0.25) is 25.5 Å². The van der Waals surface area contributed by atoms with Crippen LogP contribution in [0.4, 0.5) is 0 Å². The molecule has 0 radical (unpaired) electrons. The molecule has 6 nitrogen and oxygen atoms in total. The Morgan fingerprint density at radius 3 is 1.76 bits per heavy atom. The third-order valence-electron chi connectivity index (χ3n) is 6.12. The molecular formula is C25H14O6S2. The number of fused-ring (bicyclic) bond motifs is 6. The van der Waals surface area contributed by atoms with Gasteiger partial charge in [0.25, 0.3) is 0 Å². The van der Waals surface area contributed by atoms with Crippen LogP contribution >= 0.6 is 0 Å². The molecule has 2 heterocycles. The van der Waals surface area contributed by atoms with E-state index in [1.807, 2.05) is 0 Å². The molecule has 0 bridgehead atoms. The van der Waals surface area contributed by atoms with Gasteiger partial charge in [0.15, 0.2) is 0 Å². The molecule has 0 atom stereocenters. The van der Waals surface area contributed by atoms with Gasteiger partial charge < -0.3 is 5.11 Å². The van der Waals surface area contributed by atoms with Crippen LogP contribution in [0.1, 0.15) is 15.9 Å². The van der Waals surface area contributed by atoms with Crippen molar-refractivity contribution in [3.63, 3.8) is 0 Å². The highest BCUT2D eigenvalue weighted by molar-refractivity contribution is 7.97. The molecule has 162 valence electrons. The number of Topliss-reactive ketones (excluding diaryl/α,β-unsaturated/α-hetero) is 1. The lowest BCUT2D eigenvalue weighted by Gasteiger charge is -2.04. The Labute approximate surface area is 188 Å². The lowest BCUT2D eigenvalue weighted by atomic mass is 10.0. The summed E-state index contributed by atoms with van der Waals surface area (Å²) in [5.74, 6) is -1.36. The first-order valence-corrected chi connectivity index (χ1v) is 12.9. The number of aliphatic hydroxyl groups excluding tert-OH is 1. The average molecular weight is 475 g/mol. The highest BCUT2D eigenvalue weighted by Crippen LogP contribution is 2.45. The van der Waals surface area contributed by atoms with E-state index in [9.17, 15) is 26.7 Å². The number of rotatable bonds is 1. The first-order valence-electron chi connectivity index (χ1n) is 9.96. The van der Waals surface area contributed by atoms with Gasteiger partial charge in [-0.2, -0.15) is 0 Å². The molecule has 4 aromatic rings. The van der Waals surface area contributed by atoms with Crippen molar-refractivity contribution in [2.45, 2.75) is 9.79 Å². The normalized spacial score (nSPS) is 19.4. The topological polar surface area (TPSA) is 106 Å². The van der Waals surface area contributed by atoms with Crippen LogP contribution in [0, 0.1) is 0 Å². The van der Waals surface area contributed by atoms with E-state index in [4.69, 9.17) is 0 Å². The van der Waals surface area contributed by atoms with E-state index in [0.29, 0.717) is 16.2 Å². The van der Waals surface area contributed by atoms with Gasteiger partial charge in [0.05, 0.1) is 15.4 Å². The van der Waals surface area contributed by atoms with Crippen molar-refractivity contribution < 1.29 is 26.7 Å². The minimum Gasteiger partial charge on any atom is -0.506 e. The van der Waals surface area contributed by atoms with Gasteiger partial charge in [-0.05, 0) is 39.8 Å². The first kappa shape index (κ1) is 19.9. The van der Waals surface area contributed by atoms with Gasteiger partial charge in [0, 0.05) is 5.56 Å². The molecule has 2 aliphatic rings. The van der Waals surface area contributed by atoms with Crippen molar-refractivity contribution in [2.24, 2.45) is 0 Å². The molecule has 2 aliphatic heterocycles. The molecule has 0 fully saturated rings. The Kier molecular flexibility index (Phi) is 3.86. The molecule has 0 saturated heterocycles. The Bertz CT molecular complexity index is 1860. The lowest BCUT2D eigenvalue weighted by molar-refractivity contribution is 0.104. The fraction of sp³-hybridized carbons (Fsp3) is 0. The summed E-state index contributed by atoms with van der Waals surface area (Å²) in [6, 6.07) is 19.8. The van der Waals surface area contributed by atoms with Crippen molar-refractivity contribution in [2.75, 3.05) is 0 Å². The zero-order valence-electron chi connectivity index (χ0n) is 16.8. The van der Waals surface area contributed by atoms with Gasteiger partial charge in [0.1, 0.15) is 15.6 Å². The molecule has 0 spiro atoms. The van der Waals surface area contributed by atoms with E-state index >= 15 is 0 Å². The summed E-state index contributed by atoms with van der Waals surface area (Å²) in [6.07, 6.45) is 0.797. The number of sulfone groups is 2. The van der Waals surface area contributed by atoms with Gasteiger partial charge in [-0.15, -0.1) is 0 Å². The maximum absolute atomic E-state index is 13.3. The number of ketones is 1. The van der Waals surface area contributed by atoms with Crippen LogP contribution in [0.5, 0.6) is 0 Å². The second-order valence-electron chi connectivity index (χ2n) is 7.88. The predicted molar refractivity (Wildman–Crippen MR) is 124 cm³/mol. The Morgan fingerprint density at radius 2 is 1.15 bits per heavy atom. The van der Waals surface area contributed by atoms with Crippen molar-refractivity contribution in [1.29, 1.82) is 0 Å². The third kappa shape index (κ3) is 2.50. The molecule has 0 amide bonds. The number of hydrogen-bond donors (Lipinski definition) is 1. The molecule has 33 heavy (non-hydrogen) atoms. The van der Waals surface area contributed by atoms with E-state index in [-0.39, 0.29) is 20.9 Å². The number of hydrogen-bond acceptors (Lipinski definition) is 6. The van der Waals surface area contributed by atoms with Crippen LogP contribution in [-0.4, -0.2) is 27.7 Å². The quantitative estimate of drug-likeness (QED) is 0.406. The lowest BCUT2D eigenvalue weighted by Crippen LogP contribution is -2.06. The van der Waals surface area contributed by atoms with Gasteiger partial charge in [-0.25, -0.2) is 16.8 Å². The third-order valence-corrected chi connectivity index (χ3v) is 9.73. The Hall–Kier alpha value is -3.75. The smallest absolute Gasteiger partial charge is 0.211 e. The molecule has 0 aromatic heterocycles. The van der Waals surface area contributed by atoms with Crippen molar-refractivity contribution >= 4 is 52.8 Å². The van der Waals surface area contributed by atoms with Crippen LogP contribution in [-0.2, 0) is 19.7 Å². The highest BCUT2D eigenvalue weighted by atomic mass is 32.2. The summed E-state index contributed by atoms with van der Waals surface area (Å²) in [6.45, 7) is 0. The van der Waals surface area contributed by atoms with Gasteiger partial charge in [-0.1, -0.05) is 60.7 Å². The van der Waals surface area contributed by atoms with Crippen LogP contribution in [0.15, 0.2) is 98.5 Å². The summed E-state index contributed by atoms with van der Waals surface area (Å²) >= 11 is 0. The van der Waals surface area contributed by atoms with E-state index in [1.165, 1.54) is 12.1 Å². The molecule has 0 aliphatic carbocycles. The minimum absolute atomic E-state index is 0.0119. The summed E-state index contributed by atoms with van der Waals surface area (Å²) < 4.78 is 53.0. The van der Waals surface area contributed by atoms with Crippen LogP contribution in [0.3, 0.4) is 0 Å². The van der Waals surface area contributed by atoms with Crippen LogP contribution < -0.4 is 0 Å². The molecule has 0 unspecified atom stereocenters. The van der Waals surface area contributed by atoms with Crippen molar-refractivity contribution in [3.05, 3.63) is 99.8 Å². The maximum Gasteiger partial charge on any atom is 0.211 e. The van der Waals surface area contributed by atoms with Gasteiger partial charge in [-0.3, -0.25) is 4.79 Å². The highest BCUT2D eigenvalue weighted by Gasteiger charge is 2.43. The minimum atomic E-state index is -4.28. The largest absolute Gasteiger partial charge is 0.506 e. The van der Waals surface area contributed by atoms with Gasteiger partial charge >= 0.3 is 0 Å². The number of benzene rings is 4. The molecule has 8 heteroatoms. The average Bonchev–Trinajstić information content (AvgIpc) is 3.13. The molecule has 6 rings (SSSR count). The molecule has 4 aromatic carbocycles. The standard InChI is InChI=1S/C25H14O6S2/c26-24-20(32(28,29)18-11-9-14-5-1-3-7-16(14)22(18)24)13-21-25(27)23-17-8-4-2-6-15(17)10-12-19(23)33(21,30)31/h1-13,26H/b21-13-. The fourth-order valence-electron chi connectivity index (χ4n) is 4.57. The number of carbonyl (C=O) groups excluding carboxylic acids is 1. The second-order valence-corrected chi connectivity index (χ2v) is 11.7. The van der Waals surface area contributed by atoms with E-state index < -0.39 is 41.0 Å². The number of allylic oxidation sites excluding steroid dienone is 2. The van der Waals surface area contributed by atoms with E-state index in [1.54, 1.807) is 60.7 Å². The molecule has 1 N–H and O–H groups in total. The maximum atomic E-state index is 13.3. The van der Waals surface area contributed by atoms with Crippen LogP contribution in [0.25, 0.3) is 27.3 Å². The second kappa shape index (κ2) is 6.40. The molecular weight excluding hydrogens is 460 g/mol. The number of carbonyl (C=O) groups is 1. The summed E-state index contributed by atoms with van der Waals surface area (Å²) in [5, 5.41) is 13.3. The zero-order valence-corrected chi connectivity index (χ0v) is 18.4.